The van der Waals surface area contributed by atoms with Crippen molar-refractivity contribution in [3.63, 3.8) is 0 Å². The van der Waals surface area contributed by atoms with Gasteiger partial charge in [-0.1, -0.05) is 32.9 Å². The predicted molar refractivity (Wildman–Crippen MR) is 73.5 cm³/mol. The maximum Gasteiger partial charge on any atom is 0.305 e. The molecule has 0 bridgehead atoms. The molecule has 0 aliphatic heterocycles. The van der Waals surface area contributed by atoms with Gasteiger partial charge >= 0.3 is 5.69 Å². The third-order valence-corrected chi connectivity index (χ3v) is 3.94. The van der Waals surface area contributed by atoms with Gasteiger partial charge in [-0.25, -0.2) is 0 Å². The number of halogens is 1. The number of hydrogen-bond donors (Lipinski definition) is 1. The van der Waals surface area contributed by atoms with Crippen LogP contribution in [0.15, 0.2) is 18.2 Å². The quantitative estimate of drug-likeness (QED) is 0.604. The Hall–Kier alpha value is -1.49. The van der Waals surface area contributed by atoms with Crippen LogP contribution in [-0.4, -0.2) is 10.5 Å². The summed E-state index contributed by atoms with van der Waals surface area (Å²) >= 11 is 0. The lowest BCUT2D eigenvalue weighted by Crippen LogP contribution is -2.43. The molecule has 0 aromatic heterocycles. The molecule has 0 saturated heterocycles. The zero-order valence-corrected chi connectivity index (χ0v) is 11.7. The SMILES string of the molecule is CCC(CC)(CC)NCc1cccc([N+](=O)[O-])c1F. The van der Waals surface area contributed by atoms with Crippen LogP contribution in [0.2, 0.25) is 0 Å². The molecule has 19 heavy (non-hydrogen) atoms. The first-order valence-corrected chi connectivity index (χ1v) is 6.66. The molecular weight excluding hydrogens is 247 g/mol. The Kier molecular flexibility index (Phi) is 5.42. The predicted octanol–water partition coefficient (Wildman–Crippen LogP) is 3.79. The van der Waals surface area contributed by atoms with Crippen molar-refractivity contribution in [2.45, 2.75) is 52.1 Å². The second-order valence-electron chi connectivity index (χ2n) is 4.70. The Bertz CT molecular complexity index is 437. The van der Waals surface area contributed by atoms with E-state index in [1.165, 1.54) is 12.1 Å². The van der Waals surface area contributed by atoms with Gasteiger partial charge in [0.05, 0.1) is 4.92 Å². The zero-order valence-electron chi connectivity index (χ0n) is 11.7. The zero-order chi connectivity index (χ0) is 14.5. The van der Waals surface area contributed by atoms with Gasteiger partial charge in [0.1, 0.15) is 0 Å². The number of rotatable bonds is 7. The van der Waals surface area contributed by atoms with Gasteiger partial charge < -0.3 is 5.32 Å². The van der Waals surface area contributed by atoms with E-state index >= 15 is 0 Å². The number of nitro groups is 1. The van der Waals surface area contributed by atoms with Crippen molar-refractivity contribution in [2.24, 2.45) is 0 Å². The van der Waals surface area contributed by atoms with Crippen molar-refractivity contribution in [1.29, 1.82) is 0 Å². The number of nitrogens with one attached hydrogen (secondary N) is 1. The number of nitrogens with zero attached hydrogens (tertiary/aromatic N) is 1. The summed E-state index contributed by atoms with van der Waals surface area (Å²) in [5, 5.41) is 14.0. The molecule has 1 rings (SSSR count). The van der Waals surface area contributed by atoms with Crippen molar-refractivity contribution < 1.29 is 9.31 Å². The summed E-state index contributed by atoms with van der Waals surface area (Å²) < 4.78 is 13.9. The van der Waals surface area contributed by atoms with Gasteiger partial charge in [0.25, 0.3) is 0 Å². The molecule has 4 nitrogen and oxygen atoms in total. The molecule has 0 spiro atoms. The molecule has 0 unspecified atom stereocenters. The highest BCUT2D eigenvalue weighted by atomic mass is 19.1. The molecule has 0 radical (unpaired) electrons. The molecule has 0 atom stereocenters. The second kappa shape index (κ2) is 6.61. The van der Waals surface area contributed by atoms with Crippen LogP contribution in [0, 0.1) is 15.9 Å². The van der Waals surface area contributed by atoms with Gasteiger partial charge in [0, 0.05) is 23.7 Å². The van der Waals surface area contributed by atoms with Crippen molar-refractivity contribution in [3.05, 3.63) is 39.7 Å². The molecule has 106 valence electrons. The van der Waals surface area contributed by atoms with Crippen LogP contribution in [0.4, 0.5) is 10.1 Å². The van der Waals surface area contributed by atoms with E-state index in [1.54, 1.807) is 6.07 Å². The fourth-order valence-electron chi connectivity index (χ4n) is 2.25. The monoisotopic (exact) mass is 268 g/mol. The van der Waals surface area contributed by atoms with E-state index in [-0.39, 0.29) is 5.54 Å². The first-order chi connectivity index (χ1) is 8.99. The van der Waals surface area contributed by atoms with E-state index in [9.17, 15) is 14.5 Å². The number of benzene rings is 1. The van der Waals surface area contributed by atoms with E-state index in [2.05, 4.69) is 26.1 Å². The smallest absolute Gasteiger partial charge is 0.305 e. The maximum atomic E-state index is 13.9. The first-order valence-electron chi connectivity index (χ1n) is 6.66. The molecule has 1 aromatic rings. The summed E-state index contributed by atoms with van der Waals surface area (Å²) in [6.07, 6.45) is 2.82. The summed E-state index contributed by atoms with van der Waals surface area (Å²) in [7, 11) is 0. The number of hydrogen-bond acceptors (Lipinski definition) is 3. The lowest BCUT2D eigenvalue weighted by atomic mass is 9.89. The summed E-state index contributed by atoms with van der Waals surface area (Å²) in [4.78, 5) is 10.00. The van der Waals surface area contributed by atoms with Gasteiger partial charge in [0.15, 0.2) is 0 Å². The summed E-state index contributed by atoms with van der Waals surface area (Å²) in [5.41, 5.74) is -0.153. The second-order valence-corrected chi connectivity index (χ2v) is 4.70. The molecule has 0 fully saturated rings. The molecular formula is C14H21FN2O2. The van der Waals surface area contributed by atoms with Gasteiger partial charge in [-0.2, -0.15) is 4.39 Å². The van der Waals surface area contributed by atoms with Crippen LogP contribution in [0.5, 0.6) is 0 Å². The highest BCUT2D eigenvalue weighted by molar-refractivity contribution is 5.36. The van der Waals surface area contributed by atoms with Crippen molar-refractivity contribution in [2.75, 3.05) is 0 Å². The third kappa shape index (κ3) is 3.50. The molecule has 0 saturated carbocycles. The highest BCUT2D eigenvalue weighted by Crippen LogP contribution is 2.23. The van der Waals surface area contributed by atoms with Crippen molar-refractivity contribution in [1.82, 2.24) is 5.32 Å². The van der Waals surface area contributed by atoms with Crippen molar-refractivity contribution in [3.8, 4) is 0 Å². The lowest BCUT2D eigenvalue weighted by molar-refractivity contribution is -0.387. The normalized spacial score (nSPS) is 11.6. The van der Waals surface area contributed by atoms with Crippen LogP contribution in [0.1, 0.15) is 45.6 Å². The standard InChI is InChI=1S/C14H21FN2O2/c1-4-14(5-2,6-3)16-10-11-8-7-9-12(13(11)15)17(18)19/h7-9,16H,4-6,10H2,1-3H3. The summed E-state index contributed by atoms with van der Waals surface area (Å²) in [6.45, 7) is 6.57. The van der Waals surface area contributed by atoms with E-state index < -0.39 is 16.4 Å². The molecule has 1 N–H and O–H groups in total. The third-order valence-electron chi connectivity index (χ3n) is 3.94. The van der Waals surface area contributed by atoms with Crippen LogP contribution >= 0.6 is 0 Å². The van der Waals surface area contributed by atoms with Crippen LogP contribution in [0.25, 0.3) is 0 Å². The van der Waals surface area contributed by atoms with Crippen LogP contribution in [-0.2, 0) is 6.54 Å². The average Bonchev–Trinajstić information content (AvgIpc) is 2.42. The van der Waals surface area contributed by atoms with E-state index in [0.29, 0.717) is 12.1 Å². The molecule has 0 heterocycles. The molecule has 5 heteroatoms. The van der Waals surface area contributed by atoms with E-state index in [4.69, 9.17) is 0 Å². The van der Waals surface area contributed by atoms with Crippen LogP contribution in [0.3, 0.4) is 0 Å². The van der Waals surface area contributed by atoms with Gasteiger partial charge in [-0.05, 0) is 19.3 Å². The van der Waals surface area contributed by atoms with Gasteiger partial charge in [-0.3, -0.25) is 10.1 Å². The number of nitro benzene ring substituents is 1. The van der Waals surface area contributed by atoms with Crippen molar-refractivity contribution >= 4 is 5.69 Å². The Morgan fingerprint density at radius 1 is 1.26 bits per heavy atom. The Morgan fingerprint density at radius 3 is 2.32 bits per heavy atom. The fraction of sp³-hybridized carbons (Fsp3) is 0.571. The molecule has 0 aliphatic rings. The summed E-state index contributed by atoms with van der Waals surface area (Å²) in [5.74, 6) is -0.739. The largest absolute Gasteiger partial charge is 0.307 e. The van der Waals surface area contributed by atoms with Gasteiger partial charge in [-0.15, -0.1) is 0 Å². The van der Waals surface area contributed by atoms with E-state index in [1.807, 2.05) is 0 Å². The van der Waals surface area contributed by atoms with Crippen LogP contribution < -0.4 is 5.32 Å². The summed E-state index contributed by atoms with van der Waals surface area (Å²) in [6, 6.07) is 4.29. The molecule has 1 aromatic carbocycles. The lowest BCUT2D eigenvalue weighted by Gasteiger charge is -2.32. The first kappa shape index (κ1) is 15.6. The Labute approximate surface area is 113 Å². The Balaban J connectivity index is 2.89. The maximum absolute atomic E-state index is 13.9. The Morgan fingerprint density at radius 2 is 1.84 bits per heavy atom. The molecule has 0 amide bonds. The topological polar surface area (TPSA) is 55.2 Å². The average molecular weight is 268 g/mol. The minimum Gasteiger partial charge on any atom is -0.307 e. The molecule has 0 aliphatic carbocycles. The van der Waals surface area contributed by atoms with Gasteiger partial charge in [0.2, 0.25) is 5.82 Å². The minimum absolute atomic E-state index is 0.0307. The highest BCUT2D eigenvalue weighted by Gasteiger charge is 2.24. The fourth-order valence-corrected chi connectivity index (χ4v) is 2.25. The minimum atomic E-state index is -0.739. The van der Waals surface area contributed by atoms with E-state index in [0.717, 1.165) is 19.3 Å².